The molecule has 2 nitrogen and oxygen atoms in total. The highest BCUT2D eigenvalue weighted by Crippen LogP contribution is 2.10. The standard InChI is InChI=1S/C5H13ClO2Si/c1-4-7-9(3,6)8-5-2/h4-5H2,1-3H3. The molecular formula is C5H13ClO2Si. The molecule has 0 fully saturated rings. The predicted octanol–water partition coefficient (Wildman–Crippen LogP) is 1.87. The predicted molar refractivity (Wildman–Crippen MR) is 40.7 cm³/mol. The van der Waals surface area contributed by atoms with Crippen LogP contribution in [0.1, 0.15) is 13.8 Å². The zero-order valence-corrected chi connectivity index (χ0v) is 7.86. The van der Waals surface area contributed by atoms with Crippen LogP contribution in [0.3, 0.4) is 0 Å². The first-order valence-corrected chi connectivity index (χ1v) is 6.42. The highest BCUT2D eigenvalue weighted by Gasteiger charge is 2.27. The van der Waals surface area contributed by atoms with Gasteiger partial charge in [-0.05, 0) is 20.4 Å². The lowest BCUT2D eigenvalue weighted by molar-refractivity contribution is 0.209. The van der Waals surface area contributed by atoms with Crippen molar-refractivity contribution in [2.45, 2.75) is 20.4 Å². The Kier molecular flexibility index (Phi) is 4.48. The Morgan fingerprint density at radius 2 is 1.56 bits per heavy atom. The Morgan fingerprint density at radius 1 is 1.22 bits per heavy atom. The first-order valence-electron chi connectivity index (χ1n) is 3.09. The number of halogens is 1. The summed E-state index contributed by atoms with van der Waals surface area (Å²) in [4.78, 5) is 0. The van der Waals surface area contributed by atoms with Crippen LogP contribution < -0.4 is 0 Å². The molecule has 0 amide bonds. The third kappa shape index (κ3) is 4.90. The van der Waals surface area contributed by atoms with Crippen molar-refractivity contribution < 1.29 is 8.85 Å². The molecule has 0 aromatic rings. The first kappa shape index (κ1) is 9.43. The molecule has 4 heteroatoms. The molecule has 0 heterocycles. The van der Waals surface area contributed by atoms with Gasteiger partial charge in [-0.3, -0.25) is 0 Å². The smallest absolute Gasteiger partial charge is 0.383 e. The summed E-state index contributed by atoms with van der Waals surface area (Å²) in [6.45, 7) is 6.90. The molecule has 0 radical (unpaired) electrons. The lowest BCUT2D eigenvalue weighted by atomic mass is 10.9. The van der Waals surface area contributed by atoms with E-state index in [9.17, 15) is 0 Å². The summed E-state index contributed by atoms with van der Waals surface area (Å²) in [7, 11) is -2.23. The molecule has 0 saturated carbocycles. The van der Waals surface area contributed by atoms with E-state index in [2.05, 4.69) is 0 Å². The second kappa shape index (κ2) is 4.28. The molecule has 56 valence electrons. The SMILES string of the molecule is CCO[Si](C)(Cl)OCC. The highest BCUT2D eigenvalue weighted by atomic mass is 35.6. The molecular weight excluding hydrogens is 156 g/mol. The van der Waals surface area contributed by atoms with E-state index in [0.29, 0.717) is 13.2 Å². The average Bonchev–Trinajstić information content (AvgIpc) is 1.64. The van der Waals surface area contributed by atoms with E-state index in [0.717, 1.165) is 0 Å². The van der Waals surface area contributed by atoms with Gasteiger partial charge < -0.3 is 8.85 Å². The van der Waals surface area contributed by atoms with Crippen LogP contribution in [0.2, 0.25) is 6.55 Å². The van der Waals surface area contributed by atoms with Gasteiger partial charge in [-0.25, -0.2) is 0 Å². The Labute approximate surface area is 62.1 Å². The van der Waals surface area contributed by atoms with Crippen molar-refractivity contribution in [1.82, 2.24) is 0 Å². The van der Waals surface area contributed by atoms with Gasteiger partial charge in [0.1, 0.15) is 0 Å². The van der Waals surface area contributed by atoms with Gasteiger partial charge in [0.25, 0.3) is 0 Å². The van der Waals surface area contributed by atoms with Gasteiger partial charge in [0.05, 0.1) is 0 Å². The van der Waals surface area contributed by atoms with Crippen molar-refractivity contribution in [3.05, 3.63) is 0 Å². The summed E-state index contributed by atoms with van der Waals surface area (Å²) in [6, 6.07) is 0. The van der Waals surface area contributed by atoms with Gasteiger partial charge in [-0.2, -0.15) is 0 Å². The average molecular weight is 169 g/mol. The van der Waals surface area contributed by atoms with Crippen LogP contribution >= 0.6 is 11.1 Å². The summed E-state index contributed by atoms with van der Waals surface area (Å²) < 4.78 is 10.3. The van der Waals surface area contributed by atoms with E-state index < -0.39 is 7.87 Å². The Balaban J connectivity index is 3.43. The monoisotopic (exact) mass is 168 g/mol. The normalized spacial score (nSPS) is 12.0. The fraction of sp³-hybridized carbons (Fsp3) is 1.00. The molecule has 0 aliphatic carbocycles. The lowest BCUT2D eigenvalue weighted by Crippen LogP contribution is -2.31. The van der Waals surface area contributed by atoms with Gasteiger partial charge in [-0.15, -0.1) is 0 Å². The molecule has 9 heavy (non-hydrogen) atoms. The van der Waals surface area contributed by atoms with E-state index in [1.807, 2.05) is 20.4 Å². The van der Waals surface area contributed by atoms with Crippen molar-refractivity contribution in [1.29, 1.82) is 0 Å². The fourth-order valence-corrected chi connectivity index (χ4v) is 2.33. The minimum atomic E-state index is -2.23. The molecule has 0 N–H and O–H groups in total. The molecule has 0 aromatic carbocycles. The van der Waals surface area contributed by atoms with Gasteiger partial charge >= 0.3 is 7.87 Å². The van der Waals surface area contributed by atoms with Gasteiger partial charge in [-0.1, -0.05) is 11.1 Å². The van der Waals surface area contributed by atoms with Crippen LogP contribution in [0.4, 0.5) is 0 Å². The maximum atomic E-state index is 5.83. The summed E-state index contributed by atoms with van der Waals surface area (Å²) in [6.07, 6.45) is 0. The minimum Gasteiger partial charge on any atom is -0.383 e. The zero-order valence-electron chi connectivity index (χ0n) is 6.11. The van der Waals surface area contributed by atoms with Crippen LogP contribution in [0, 0.1) is 0 Å². The van der Waals surface area contributed by atoms with Crippen molar-refractivity contribution in [3.63, 3.8) is 0 Å². The van der Waals surface area contributed by atoms with Crippen LogP contribution in [-0.2, 0) is 8.85 Å². The summed E-state index contributed by atoms with van der Waals surface area (Å²) in [5, 5.41) is 0. The van der Waals surface area contributed by atoms with Gasteiger partial charge in [0, 0.05) is 13.2 Å². The zero-order chi connectivity index (χ0) is 7.33. The molecule has 0 rings (SSSR count). The third-order valence-corrected chi connectivity index (χ3v) is 3.07. The minimum absolute atomic E-state index is 0.631. The molecule has 0 spiro atoms. The highest BCUT2D eigenvalue weighted by molar-refractivity contribution is 7.12. The van der Waals surface area contributed by atoms with Crippen LogP contribution in [-0.4, -0.2) is 21.1 Å². The maximum absolute atomic E-state index is 5.83. The van der Waals surface area contributed by atoms with Gasteiger partial charge in [0.2, 0.25) is 0 Å². The summed E-state index contributed by atoms with van der Waals surface area (Å²) >= 11 is 5.83. The van der Waals surface area contributed by atoms with Crippen molar-refractivity contribution in [2.24, 2.45) is 0 Å². The molecule has 0 unspecified atom stereocenters. The Bertz CT molecular complexity index is 69.4. The van der Waals surface area contributed by atoms with Crippen LogP contribution in [0.5, 0.6) is 0 Å². The molecule has 0 aliphatic rings. The molecule has 0 saturated heterocycles. The Morgan fingerprint density at radius 3 is 1.78 bits per heavy atom. The third-order valence-electron chi connectivity index (χ3n) is 0.804. The van der Waals surface area contributed by atoms with E-state index in [4.69, 9.17) is 19.9 Å². The number of hydrogen-bond acceptors (Lipinski definition) is 2. The molecule has 0 aliphatic heterocycles. The van der Waals surface area contributed by atoms with E-state index in [-0.39, 0.29) is 0 Å². The largest absolute Gasteiger partial charge is 0.439 e. The van der Waals surface area contributed by atoms with E-state index in [1.54, 1.807) is 0 Å². The molecule has 0 atom stereocenters. The number of rotatable bonds is 4. The molecule has 0 aromatic heterocycles. The van der Waals surface area contributed by atoms with Crippen LogP contribution in [0.25, 0.3) is 0 Å². The molecule has 0 bridgehead atoms. The van der Waals surface area contributed by atoms with E-state index in [1.165, 1.54) is 0 Å². The lowest BCUT2D eigenvalue weighted by Gasteiger charge is -2.17. The quantitative estimate of drug-likeness (QED) is 0.472. The van der Waals surface area contributed by atoms with E-state index >= 15 is 0 Å². The van der Waals surface area contributed by atoms with Crippen LogP contribution in [0.15, 0.2) is 0 Å². The second-order valence-corrected chi connectivity index (χ2v) is 6.01. The number of hydrogen-bond donors (Lipinski definition) is 0. The summed E-state index contributed by atoms with van der Waals surface area (Å²) in [5.74, 6) is 0. The van der Waals surface area contributed by atoms with Crippen molar-refractivity contribution in [2.75, 3.05) is 13.2 Å². The van der Waals surface area contributed by atoms with Gasteiger partial charge in [0.15, 0.2) is 0 Å². The van der Waals surface area contributed by atoms with Crippen molar-refractivity contribution in [3.8, 4) is 0 Å². The summed E-state index contributed by atoms with van der Waals surface area (Å²) in [5.41, 5.74) is 0. The topological polar surface area (TPSA) is 18.5 Å². The Hall–Kier alpha value is 0.427. The maximum Gasteiger partial charge on any atom is 0.439 e. The fourth-order valence-electron chi connectivity index (χ4n) is 0.557. The first-order chi connectivity index (χ1) is 4.12. The second-order valence-electron chi connectivity index (χ2n) is 1.70. The van der Waals surface area contributed by atoms with Crippen molar-refractivity contribution >= 4 is 18.9 Å².